The molecule has 5 heteroatoms. The molecule has 5 nitrogen and oxygen atoms in total. The van der Waals surface area contributed by atoms with Crippen molar-refractivity contribution in [1.82, 2.24) is 4.90 Å². The average molecular weight is 344 g/mol. The van der Waals surface area contributed by atoms with E-state index in [1.165, 1.54) is 32.1 Å². The van der Waals surface area contributed by atoms with Crippen LogP contribution in [-0.2, 0) is 9.53 Å². The number of amides is 1. The normalized spacial score (nSPS) is 23.6. The molecule has 0 unspecified atom stereocenters. The van der Waals surface area contributed by atoms with E-state index in [9.17, 15) is 9.59 Å². The minimum absolute atomic E-state index is 0.0639. The van der Waals surface area contributed by atoms with E-state index < -0.39 is 5.97 Å². The smallest absolute Gasteiger partial charge is 0.340 e. The Morgan fingerprint density at radius 1 is 1.16 bits per heavy atom. The number of hydrogen-bond acceptors (Lipinski definition) is 4. The van der Waals surface area contributed by atoms with Gasteiger partial charge in [-0.05, 0) is 50.3 Å². The predicted molar refractivity (Wildman–Crippen MR) is 97.5 cm³/mol. The summed E-state index contributed by atoms with van der Waals surface area (Å²) in [7, 11) is 0. The minimum Gasteiger partial charge on any atom is -0.462 e. The summed E-state index contributed by atoms with van der Waals surface area (Å²) in [6.07, 6.45) is 6.56. The number of esters is 1. The van der Waals surface area contributed by atoms with Gasteiger partial charge < -0.3 is 10.1 Å². The molecule has 1 amide bonds. The zero-order chi connectivity index (χ0) is 17.6. The van der Waals surface area contributed by atoms with Crippen LogP contribution in [0.3, 0.4) is 0 Å². The molecule has 0 radical (unpaired) electrons. The summed E-state index contributed by atoms with van der Waals surface area (Å²) in [4.78, 5) is 26.7. The van der Waals surface area contributed by atoms with Gasteiger partial charge in [0.05, 0.1) is 24.4 Å². The molecule has 0 spiro atoms. The summed E-state index contributed by atoms with van der Waals surface area (Å²) in [5, 5.41) is 2.89. The summed E-state index contributed by atoms with van der Waals surface area (Å²) in [5.41, 5.74) is 0.933. The molecule has 1 saturated heterocycles. The Bertz CT molecular complexity index is 617. The van der Waals surface area contributed by atoms with Crippen LogP contribution >= 0.6 is 0 Å². The lowest BCUT2D eigenvalue weighted by molar-refractivity contribution is -0.118. The first-order valence-corrected chi connectivity index (χ1v) is 9.45. The van der Waals surface area contributed by atoms with Gasteiger partial charge in [0.2, 0.25) is 5.91 Å². The molecule has 1 N–H and O–H groups in total. The quantitative estimate of drug-likeness (QED) is 0.833. The van der Waals surface area contributed by atoms with Gasteiger partial charge in [-0.15, -0.1) is 0 Å². The van der Waals surface area contributed by atoms with Crippen molar-refractivity contribution in [2.75, 3.05) is 31.6 Å². The number of piperidine rings is 1. The molecule has 1 aromatic rings. The Morgan fingerprint density at radius 2 is 1.92 bits per heavy atom. The molecule has 1 aliphatic carbocycles. The molecule has 0 aromatic heterocycles. The minimum atomic E-state index is -0.401. The van der Waals surface area contributed by atoms with Gasteiger partial charge >= 0.3 is 5.97 Å². The Morgan fingerprint density at radius 3 is 2.72 bits per heavy atom. The summed E-state index contributed by atoms with van der Waals surface area (Å²) < 4.78 is 5.06. The number of anilines is 1. The van der Waals surface area contributed by atoms with Crippen LogP contribution in [0.2, 0.25) is 0 Å². The summed E-state index contributed by atoms with van der Waals surface area (Å²) in [6, 6.07) is 7.01. The average Bonchev–Trinajstić information content (AvgIpc) is 2.62. The molecular formula is C20H28N2O3. The number of hydrogen-bond donors (Lipinski definition) is 1. The van der Waals surface area contributed by atoms with E-state index in [-0.39, 0.29) is 5.91 Å². The summed E-state index contributed by atoms with van der Waals surface area (Å²) in [6.45, 7) is 4.50. The molecule has 1 saturated carbocycles. The molecule has 3 rings (SSSR count). The number of ether oxygens (including phenoxy) is 1. The fourth-order valence-corrected chi connectivity index (χ4v) is 4.19. The van der Waals surface area contributed by atoms with Gasteiger partial charge in [-0.25, -0.2) is 4.79 Å². The molecule has 25 heavy (non-hydrogen) atoms. The van der Waals surface area contributed by atoms with Gasteiger partial charge in [0.15, 0.2) is 0 Å². The van der Waals surface area contributed by atoms with E-state index in [1.54, 1.807) is 25.1 Å². The zero-order valence-electron chi connectivity index (χ0n) is 15.0. The van der Waals surface area contributed by atoms with Crippen molar-refractivity contribution in [3.63, 3.8) is 0 Å². The highest BCUT2D eigenvalue weighted by molar-refractivity contribution is 6.01. The van der Waals surface area contributed by atoms with Crippen LogP contribution in [0.25, 0.3) is 0 Å². The van der Waals surface area contributed by atoms with Crippen molar-refractivity contribution >= 4 is 17.6 Å². The maximum atomic E-state index is 12.5. The number of benzene rings is 1. The molecular weight excluding hydrogens is 316 g/mol. The number of rotatable bonds is 5. The third-order valence-corrected chi connectivity index (χ3v) is 5.44. The van der Waals surface area contributed by atoms with Crippen LogP contribution in [0.4, 0.5) is 5.69 Å². The Balaban J connectivity index is 1.57. The molecule has 2 fully saturated rings. The SMILES string of the molecule is CCOC(=O)c1ccccc1NC(=O)CN1CC[C@@H]2CCCC[C@@H]2C1. The Kier molecular flexibility index (Phi) is 6.08. The maximum Gasteiger partial charge on any atom is 0.340 e. The van der Waals surface area contributed by atoms with Gasteiger partial charge in [-0.3, -0.25) is 9.69 Å². The van der Waals surface area contributed by atoms with E-state index in [0.29, 0.717) is 24.4 Å². The maximum absolute atomic E-state index is 12.5. The molecule has 1 heterocycles. The Labute approximate surface area is 149 Å². The van der Waals surface area contributed by atoms with Crippen molar-refractivity contribution in [3.05, 3.63) is 29.8 Å². The predicted octanol–water partition coefficient (Wildman–Crippen LogP) is 3.31. The summed E-state index contributed by atoms with van der Waals surface area (Å²) in [5.74, 6) is 1.15. The number of fused-ring (bicyclic) bond motifs is 1. The number of likely N-dealkylation sites (tertiary alicyclic amines) is 1. The molecule has 2 aliphatic rings. The second kappa shape index (κ2) is 8.48. The zero-order valence-corrected chi connectivity index (χ0v) is 15.0. The first kappa shape index (κ1) is 17.9. The van der Waals surface area contributed by atoms with Crippen molar-refractivity contribution in [2.24, 2.45) is 11.8 Å². The first-order chi connectivity index (χ1) is 12.2. The van der Waals surface area contributed by atoms with Crippen LogP contribution in [-0.4, -0.2) is 43.0 Å². The highest BCUT2D eigenvalue weighted by atomic mass is 16.5. The fourth-order valence-electron chi connectivity index (χ4n) is 4.19. The topological polar surface area (TPSA) is 58.6 Å². The van der Waals surface area contributed by atoms with Crippen LogP contribution in [0.5, 0.6) is 0 Å². The lowest BCUT2D eigenvalue weighted by Crippen LogP contribution is -2.44. The van der Waals surface area contributed by atoms with Gasteiger partial charge in [0, 0.05) is 6.54 Å². The lowest BCUT2D eigenvalue weighted by Gasteiger charge is -2.41. The van der Waals surface area contributed by atoms with Crippen LogP contribution in [0.15, 0.2) is 24.3 Å². The summed E-state index contributed by atoms with van der Waals surface area (Å²) >= 11 is 0. The second-order valence-corrected chi connectivity index (χ2v) is 7.14. The van der Waals surface area contributed by atoms with Crippen molar-refractivity contribution in [3.8, 4) is 0 Å². The monoisotopic (exact) mass is 344 g/mol. The molecule has 2 atom stereocenters. The number of carbonyl (C=O) groups is 2. The molecule has 0 bridgehead atoms. The van der Waals surface area contributed by atoms with Crippen molar-refractivity contribution in [1.29, 1.82) is 0 Å². The van der Waals surface area contributed by atoms with Crippen molar-refractivity contribution < 1.29 is 14.3 Å². The Hall–Kier alpha value is -1.88. The number of carbonyl (C=O) groups excluding carboxylic acids is 2. The van der Waals surface area contributed by atoms with Crippen molar-refractivity contribution in [2.45, 2.75) is 39.0 Å². The number of para-hydroxylation sites is 1. The largest absolute Gasteiger partial charge is 0.462 e. The molecule has 1 aromatic carbocycles. The molecule has 1 aliphatic heterocycles. The van der Waals surface area contributed by atoms with Crippen LogP contribution in [0, 0.1) is 11.8 Å². The fraction of sp³-hybridized carbons (Fsp3) is 0.600. The van der Waals surface area contributed by atoms with Gasteiger partial charge in [0.25, 0.3) is 0 Å². The number of nitrogens with one attached hydrogen (secondary N) is 1. The molecule has 136 valence electrons. The van der Waals surface area contributed by atoms with E-state index in [0.717, 1.165) is 24.9 Å². The van der Waals surface area contributed by atoms with E-state index >= 15 is 0 Å². The van der Waals surface area contributed by atoms with E-state index in [4.69, 9.17) is 4.74 Å². The van der Waals surface area contributed by atoms with E-state index in [2.05, 4.69) is 10.2 Å². The second-order valence-electron chi connectivity index (χ2n) is 7.14. The third kappa shape index (κ3) is 4.60. The van der Waals surface area contributed by atoms with Gasteiger partial charge in [-0.1, -0.05) is 31.4 Å². The van der Waals surface area contributed by atoms with Gasteiger partial charge in [-0.2, -0.15) is 0 Å². The van der Waals surface area contributed by atoms with Gasteiger partial charge in [0.1, 0.15) is 0 Å². The van der Waals surface area contributed by atoms with E-state index in [1.807, 2.05) is 6.07 Å². The first-order valence-electron chi connectivity index (χ1n) is 9.45. The highest BCUT2D eigenvalue weighted by Gasteiger charge is 2.31. The number of nitrogens with zero attached hydrogens (tertiary/aromatic N) is 1. The third-order valence-electron chi connectivity index (χ3n) is 5.44. The highest BCUT2D eigenvalue weighted by Crippen LogP contribution is 2.35. The van der Waals surface area contributed by atoms with Crippen LogP contribution in [0.1, 0.15) is 49.4 Å². The van der Waals surface area contributed by atoms with Crippen LogP contribution < -0.4 is 5.32 Å². The lowest BCUT2D eigenvalue weighted by atomic mass is 9.75. The standard InChI is InChI=1S/C20H28N2O3/c1-2-25-20(24)17-9-5-6-10-18(17)21-19(23)14-22-12-11-15-7-3-4-8-16(15)13-22/h5-6,9-10,15-16H,2-4,7-8,11-14H2,1H3,(H,21,23)/t15-,16+/m0/s1.